The lowest BCUT2D eigenvalue weighted by molar-refractivity contribution is -0.0828. The highest BCUT2D eigenvalue weighted by Crippen LogP contribution is 2.44. The molecule has 2 aliphatic heterocycles. The smallest absolute Gasteiger partial charge is 0.100 e. The topological polar surface area (TPSA) is 38.7 Å². The standard InChI is InChI=1S/C10H18O3/c1-9(2)6-13-7-10(9,11)8-3-4-12-5-8/h8,11H,3-7H2,1-2H3. The Morgan fingerprint density at radius 3 is 2.46 bits per heavy atom. The van der Waals surface area contributed by atoms with Crippen LogP contribution in [0.5, 0.6) is 0 Å². The number of hydrogen-bond donors (Lipinski definition) is 1. The van der Waals surface area contributed by atoms with Crippen molar-refractivity contribution in [2.24, 2.45) is 11.3 Å². The SMILES string of the molecule is CC1(C)COCC1(O)C1CCOC1. The van der Waals surface area contributed by atoms with E-state index in [4.69, 9.17) is 9.47 Å². The van der Waals surface area contributed by atoms with Gasteiger partial charge in [-0.2, -0.15) is 0 Å². The summed E-state index contributed by atoms with van der Waals surface area (Å²) in [5.74, 6) is 0.255. The van der Waals surface area contributed by atoms with Gasteiger partial charge in [-0.1, -0.05) is 13.8 Å². The Kier molecular flexibility index (Phi) is 2.13. The second-order valence-electron chi connectivity index (χ2n) is 4.86. The van der Waals surface area contributed by atoms with Crippen LogP contribution in [0.25, 0.3) is 0 Å². The third kappa shape index (κ3) is 1.30. The molecular weight excluding hydrogens is 168 g/mol. The van der Waals surface area contributed by atoms with Crippen molar-refractivity contribution < 1.29 is 14.6 Å². The summed E-state index contributed by atoms with van der Waals surface area (Å²) in [5, 5.41) is 10.5. The normalized spacial score (nSPS) is 44.1. The Morgan fingerprint density at radius 1 is 1.23 bits per heavy atom. The van der Waals surface area contributed by atoms with E-state index in [0.717, 1.165) is 13.0 Å². The zero-order valence-electron chi connectivity index (χ0n) is 8.38. The van der Waals surface area contributed by atoms with Crippen LogP contribution in [-0.4, -0.2) is 37.1 Å². The molecule has 0 saturated carbocycles. The van der Waals surface area contributed by atoms with Crippen LogP contribution < -0.4 is 0 Å². The maximum absolute atomic E-state index is 10.5. The molecule has 2 atom stereocenters. The lowest BCUT2D eigenvalue weighted by Gasteiger charge is -2.38. The zero-order valence-corrected chi connectivity index (χ0v) is 8.38. The summed E-state index contributed by atoms with van der Waals surface area (Å²) in [7, 11) is 0. The second-order valence-corrected chi connectivity index (χ2v) is 4.86. The van der Waals surface area contributed by atoms with Crippen LogP contribution in [0.4, 0.5) is 0 Å². The third-order valence-corrected chi connectivity index (χ3v) is 3.56. The summed E-state index contributed by atoms with van der Waals surface area (Å²) in [5.41, 5.74) is -0.811. The zero-order chi connectivity index (χ0) is 9.53. The molecule has 0 aromatic rings. The Bertz CT molecular complexity index is 196. The molecule has 2 saturated heterocycles. The van der Waals surface area contributed by atoms with Crippen molar-refractivity contribution in [3.63, 3.8) is 0 Å². The molecule has 0 aromatic carbocycles. The largest absolute Gasteiger partial charge is 0.386 e. The van der Waals surface area contributed by atoms with Crippen molar-refractivity contribution >= 4 is 0 Å². The average molecular weight is 186 g/mol. The van der Waals surface area contributed by atoms with Crippen molar-refractivity contribution in [2.45, 2.75) is 25.9 Å². The fraction of sp³-hybridized carbons (Fsp3) is 1.00. The lowest BCUT2D eigenvalue weighted by Crippen LogP contribution is -2.50. The molecule has 3 nitrogen and oxygen atoms in total. The van der Waals surface area contributed by atoms with Gasteiger partial charge in [0.1, 0.15) is 5.60 Å². The first-order chi connectivity index (χ1) is 6.06. The molecule has 2 fully saturated rings. The van der Waals surface area contributed by atoms with Crippen LogP contribution >= 0.6 is 0 Å². The number of ether oxygens (including phenoxy) is 2. The lowest BCUT2D eigenvalue weighted by atomic mass is 9.70. The fourth-order valence-electron chi connectivity index (χ4n) is 2.36. The van der Waals surface area contributed by atoms with Gasteiger partial charge in [0, 0.05) is 17.9 Å². The quantitative estimate of drug-likeness (QED) is 0.658. The van der Waals surface area contributed by atoms with Crippen molar-refractivity contribution in [2.75, 3.05) is 26.4 Å². The predicted octanol–water partition coefficient (Wildman–Crippen LogP) is 0.810. The van der Waals surface area contributed by atoms with Gasteiger partial charge in [0.15, 0.2) is 0 Å². The monoisotopic (exact) mass is 186 g/mol. The summed E-state index contributed by atoms with van der Waals surface area (Å²) in [6.45, 7) is 6.72. The molecule has 0 aliphatic carbocycles. The van der Waals surface area contributed by atoms with E-state index in [1.807, 2.05) is 0 Å². The summed E-state index contributed by atoms with van der Waals surface area (Å²) in [4.78, 5) is 0. The van der Waals surface area contributed by atoms with Gasteiger partial charge in [0.05, 0.1) is 19.8 Å². The van der Waals surface area contributed by atoms with Gasteiger partial charge in [-0.3, -0.25) is 0 Å². The Labute approximate surface area is 79.0 Å². The molecular formula is C10H18O3. The first-order valence-corrected chi connectivity index (χ1v) is 4.94. The first kappa shape index (κ1) is 9.44. The maximum atomic E-state index is 10.5. The van der Waals surface area contributed by atoms with Gasteiger partial charge in [-0.25, -0.2) is 0 Å². The Hall–Kier alpha value is -0.120. The number of aliphatic hydroxyl groups is 1. The van der Waals surface area contributed by atoms with E-state index in [1.165, 1.54) is 0 Å². The van der Waals surface area contributed by atoms with Gasteiger partial charge in [-0.05, 0) is 6.42 Å². The van der Waals surface area contributed by atoms with E-state index >= 15 is 0 Å². The molecule has 0 aromatic heterocycles. The van der Waals surface area contributed by atoms with E-state index in [0.29, 0.717) is 19.8 Å². The maximum Gasteiger partial charge on any atom is 0.100 e. The highest BCUT2D eigenvalue weighted by Gasteiger charge is 2.54. The van der Waals surface area contributed by atoms with Gasteiger partial charge in [0.25, 0.3) is 0 Å². The van der Waals surface area contributed by atoms with Crippen molar-refractivity contribution in [1.29, 1.82) is 0 Å². The summed E-state index contributed by atoms with van der Waals surface area (Å²) in [6, 6.07) is 0. The van der Waals surface area contributed by atoms with Crippen molar-refractivity contribution in [3.05, 3.63) is 0 Å². The molecule has 2 aliphatic rings. The fourth-order valence-corrected chi connectivity index (χ4v) is 2.36. The van der Waals surface area contributed by atoms with Crippen LogP contribution in [0.1, 0.15) is 20.3 Å². The summed E-state index contributed by atoms with van der Waals surface area (Å²) < 4.78 is 10.7. The minimum atomic E-state index is -0.677. The molecule has 3 heteroatoms. The molecule has 2 rings (SSSR count). The number of hydrogen-bond acceptors (Lipinski definition) is 3. The summed E-state index contributed by atoms with van der Waals surface area (Å²) >= 11 is 0. The van der Waals surface area contributed by atoms with Crippen LogP contribution in [0.2, 0.25) is 0 Å². The van der Waals surface area contributed by atoms with Gasteiger partial charge < -0.3 is 14.6 Å². The van der Waals surface area contributed by atoms with Crippen LogP contribution in [0.15, 0.2) is 0 Å². The molecule has 0 spiro atoms. The van der Waals surface area contributed by atoms with E-state index in [9.17, 15) is 5.11 Å². The van der Waals surface area contributed by atoms with Gasteiger partial charge in [-0.15, -0.1) is 0 Å². The predicted molar refractivity (Wildman–Crippen MR) is 48.5 cm³/mol. The average Bonchev–Trinajstić information content (AvgIpc) is 2.61. The summed E-state index contributed by atoms with van der Waals surface area (Å²) in [6.07, 6.45) is 0.962. The van der Waals surface area contributed by atoms with E-state index < -0.39 is 5.60 Å². The third-order valence-electron chi connectivity index (χ3n) is 3.56. The molecule has 2 heterocycles. The van der Waals surface area contributed by atoms with E-state index in [-0.39, 0.29) is 11.3 Å². The second kappa shape index (κ2) is 2.94. The van der Waals surface area contributed by atoms with Crippen molar-refractivity contribution in [1.82, 2.24) is 0 Å². The number of rotatable bonds is 1. The molecule has 0 amide bonds. The van der Waals surface area contributed by atoms with Gasteiger partial charge >= 0.3 is 0 Å². The molecule has 0 radical (unpaired) electrons. The van der Waals surface area contributed by atoms with Crippen LogP contribution in [0, 0.1) is 11.3 Å². The van der Waals surface area contributed by atoms with Gasteiger partial charge in [0.2, 0.25) is 0 Å². The molecule has 0 bridgehead atoms. The highest BCUT2D eigenvalue weighted by atomic mass is 16.5. The molecule has 2 unspecified atom stereocenters. The Balaban J connectivity index is 2.17. The van der Waals surface area contributed by atoms with E-state index in [1.54, 1.807) is 0 Å². The minimum Gasteiger partial charge on any atom is -0.386 e. The highest BCUT2D eigenvalue weighted by molar-refractivity contribution is 5.02. The van der Waals surface area contributed by atoms with Crippen LogP contribution in [-0.2, 0) is 9.47 Å². The molecule has 13 heavy (non-hydrogen) atoms. The van der Waals surface area contributed by atoms with Crippen LogP contribution in [0.3, 0.4) is 0 Å². The molecule has 76 valence electrons. The Morgan fingerprint density at radius 2 is 2.00 bits per heavy atom. The van der Waals surface area contributed by atoms with E-state index in [2.05, 4.69) is 13.8 Å². The minimum absolute atomic E-state index is 0.134. The first-order valence-electron chi connectivity index (χ1n) is 4.94. The molecule has 1 N–H and O–H groups in total. The van der Waals surface area contributed by atoms with Crippen molar-refractivity contribution in [3.8, 4) is 0 Å².